The molecule has 0 atom stereocenters. The van der Waals surface area contributed by atoms with E-state index in [1.165, 1.54) is 10.4 Å². The normalized spacial score (nSPS) is 12.1. The van der Waals surface area contributed by atoms with Crippen molar-refractivity contribution in [2.75, 3.05) is 13.1 Å². The van der Waals surface area contributed by atoms with Crippen molar-refractivity contribution < 1.29 is 8.42 Å². The summed E-state index contributed by atoms with van der Waals surface area (Å²) < 4.78 is 25.7. The number of nitrogens with zero attached hydrogens (tertiary/aromatic N) is 1. The maximum Gasteiger partial charge on any atom is 0.243 e. The molecule has 0 bridgehead atoms. The van der Waals surface area contributed by atoms with Gasteiger partial charge in [0, 0.05) is 22.9 Å². The Labute approximate surface area is 108 Å². The number of rotatable bonds is 4. The standard InChI is InChI=1S/C10H15NO2S3/c1-3-11(4-2)16(12,13)8-5-6-9(14)10(15)7-8/h5-7,14-15H,3-4H2,1-2H3. The summed E-state index contributed by atoms with van der Waals surface area (Å²) in [6, 6.07) is 4.72. The zero-order valence-corrected chi connectivity index (χ0v) is 11.8. The van der Waals surface area contributed by atoms with Gasteiger partial charge in [0.1, 0.15) is 0 Å². The summed E-state index contributed by atoms with van der Waals surface area (Å²) in [6.07, 6.45) is 0. The quantitative estimate of drug-likeness (QED) is 0.829. The Balaban J connectivity index is 3.22. The fourth-order valence-corrected chi connectivity index (χ4v) is 3.30. The van der Waals surface area contributed by atoms with Crippen molar-refractivity contribution in [2.24, 2.45) is 0 Å². The second-order valence-corrected chi connectivity index (χ2v) is 6.14. The molecule has 16 heavy (non-hydrogen) atoms. The first-order valence-electron chi connectivity index (χ1n) is 4.95. The fourth-order valence-electron chi connectivity index (χ4n) is 1.38. The summed E-state index contributed by atoms with van der Waals surface area (Å²) in [6.45, 7) is 4.55. The van der Waals surface area contributed by atoms with E-state index in [0.29, 0.717) is 22.9 Å². The van der Waals surface area contributed by atoms with Crippen LogP contribution in [0.3, 0.4) is 0 Å². The van der Waals surface area contributed by atoms with Gasteiger partial charge in [-0.2, -0.15) is 4.31 Å². The van der Waals surface area contributed by atoms with E-state index in [-0.39, 0.29) is 4.90 Å². The van der Waals surface area contributed by atoms with Gasteiger partial charge in [-0.1, -0.05) is 13.8 Å². The van der Waals surface area contributed by atoms with Gasteiger partial charge in [-0.25, -0.2) is 8.42 Å². The van der Waals surface area contributed by atoms with Gasteiger partial charge < -0.3 is 0 Å². The molecule has 0 unspecified atom stereocenters. The smallest absolute Gasteiger partial charge is 0.207 e. The van der Waals surface area contributed by atoms with Gasteiger partial charge in [-0.15, -0.1) is 25.3 Å². The molecular formula is C10H15NO2S3. The van der Waals surface area contributed by atoms with E-state index in [4.69, 9.17) is 0 Å². The molecule has 1 rings (SSSR count). The summed E-state index contributed by atoms with van der Waals surface area (Å²) in [5.74, 6) is 0. The molecular weight excluding hydrogens is 262 g/mol. The minimum Gasteiger partial charge on any atom is -0.207 e. The molecule has 0 aliphatic rings. The molecule has 0 saturated carbocycles. The lowest BCUT2D eigenvalue weighted by Crippen LogP contribution is -2.30. The summed E-state index contributed by atoms with van der Waals surface area (Å²) in [5.41, 5.74) is 0. The molecule has 0 spiro atoms. The van der Waals surface area contributed by atoms with Crippen molar-refractivity contribution in [2.45, 2.75) is 28.5 Å². The fraction of sp³-hybridized carbons (Fsp3) is 0.400. The Bertz CT molecular complexity index is 467. The highest BCUT2D eigenvalue weighted by Crippen LogP contribution is 2.23. The van der Waals surface area contributed by atoms with Crippen LogP contribution in [0.4, 0.5) is 0 Å². The lowest BCUT2D eigenvalue weighted by molar-refractivity contribution is 0.445. The van der Waals surface area contributed by atoms with Gasteiger partial charge in [0.25, 0.3) is 0 Å². The van der Waals surface area contributed by atoms with Gasteiger partial charge in [0.15, 0.2) is 0 Å². The number of sulfonamides is 1. The van der Waals surface area contributed by atoms with Crippen molar-refractivity contribution in [1.29, 1.82) is 0 Å². The Kier molecular flexibility index (Phi) is 4.73. The van der Waals surface area contributed by atoms with Crippen LogP contribution in [0, 0.1) is 0 Å². The van der Waals surface area contributed by atoms with Gasteiger partial charge in [0.2, 0.25) is 10.0 Å². The molecule has 6 heteroatoms. The highest BCUT2D eigenvalue weighted by atomic mass is 32.2. The molecule has 0 heterocycles. The minimum absolute atomic E-state index is 0.263. The SMILES string of the molecule is CCN(CC)S(=O)(=O)c1ccc(S)c(S)c1. The Morgan fingerprint density at radius 2 is 1.69 bits per heavy atom. The molecule has 3 nitrogen and oxygen atoms in total. The van der Waals surface area contributed by atoms with Crippen molar-refractivity contribution in [3.8, 4) is 0 Å². The van der Waals surface area contributed by atoms with Crippen LogP contribution in [0.5, 0.6) is 0 Å². The first-order valence-corrected chi connectivity index (χ1v) is 7.29. The summed E-state index contributed by atoms with van der Waals surface area (Å²) in [5, 5.41) is 0. The third-order valence-corrected chi connectivity index (χ3v) is 5.27. The minimum atomic E-state index is -3.39. The average Bonchev–Trinajstić information content (AvgIpc) is 2.23. The van der Waals surface area contributed by atoms with E-state index >= 15 is 0 Å². The van der Waals surface area contributed by atoms with Crippen molar-refractivity contribution in [3.05, 3.63) is 18.2 Å². The average molecular weight is 277 g/mol. The lowest BCUT2D eigenvalue weighted by atomic mass is 10.4. The number of thiol groups is 2. The molecule has 0 amide bonds. The van der Waals surface area contributed by atoms with Gasteiger partial charge in [0.05, 0.1) is 4.90 Å². The van der Waals surface area contributed by atoms with E-state index in [9.17, 15) is 8.42 Å². The zero-order chi connectivity index (χ0) is 12.3. The van der Waals surface area contributed by atoms with Gasteiger partial charge in [-0.05, 0) is 18.2 Å². The highest BCUT2D eigenvalue weighted by Gasteiger charge is 2.21. The van der Waals surface area contributed by atoms with Crippen LogP contribution < -0.4 is 0 Å². The maximum atomic E-state index is 12.1. The Morgan fingerprint density at radius 1 is 1.12 bits per heavy atom. The monoisotopic (exact) mass is 277 g/mol. The van der Waals surface area contributed by atoms with Crippen molar-refractivity contribution in [1.82, 2.24) is 4.31 Å². The van der Waals surface area contributed by atoms with Crippen molar-refractivity contribution >= 4 is 35.3 Å². The van der Waals surface area contributed by atoms with E-state index in [1.807, 2.05) is 13.8 Å². The van der Waals surface area contributed by atoms with E-state index < -0.39 is 10.0 Å². The summed E-state index contributed by atoms with van der Waals surface area (Å²) in [4.78, 5) is 1.50. The Morgan fingerprint density at radius 3 is 2.12 bits per heavy atom. The second-order valence-electron chi connectivity index (χ2n) is 3.24. The molecule has 0 fully saturated rings. The first-order chi connectivity index (χ1) is 7.43. The molecule has 0 saturated heterocycles. The Hall–Kier alpha value is -0.170. The molecule has 1 aromatic rings. The molecule has 0 radical (unpaired) electrons. The van der Waals surface area contributed by atoms with Crippen LogP contribution in [-0.2, 0) is 10.0 Å². The summed E-state index contributed by atoms with van der Waals surface area (Å²) in [7, 11) is -3.39. The highest BCUT2D eigenvalue weighted by molar-refractivity contribution is 7.89. The maximum absolute atomic E-state index is 12.1. The largest absolute Gasteiger partial charge is 0.243 e. The first kappa shape index (κ1) is 13.9. The van der Waals surface area contributed by atoms with Crippen LogP contribution >= 0.6 is 25.3 Å². The predicted molar refractivity (Wildman–Crippen MR) is 71.1 cm³/mol. The molecule has 0 N–H and O–H groups in total. The van der Waals surface area contributed by atoms with E-state index in [0.717, 1.165) is 0 Å². The third kappa shape index (κ3) is 2.74. The molecule has 1 aromatic carbocycles. The zero-order valence-electron chi connectivity index (χ0n) is 9.21. The van der Waals surface area contributed by atoms with Crippen LogP contribution in [0.25, 0.3) is 0 Å². The molecule has 0 aromatic heterocycles. The van der Waals surface area contributed by atoms with Crippen LogP contribution in [0.2, 0.25) is 0 Å². The van der Waals surface area contributed by atoms with Gasteiger partial charge >= 0.3 is 0 Å². The lowest BCUT2D eigenvalue weighted by Gasteiger charge is -2.18. The van der Waals surface area contributed by atoms with Gasteiger partial charge in [-0.3, -0.25) is 0 Å². The summed E-state index contributed by atoms with van der Waals surface area (Å²) >= 11 is 8.32. The topological polar surface area (TPSA) is 37.4 Å². The van der Waals surface area contributed by atoms with E-state index in [1.54, 1.807) is 12.1 Å². The number of hydrogen-bond donors (Lipinski definition) is 2. The van der Waals surface area contributed by atoms with Crippen LogP contribution in [0.1, 0.15) is 13.8 Å². The molecule has 0 aliphatic carbocycles. The predicted octanol–water partition coefficient (Wildman–Crippen LogP) is 2.29. The third-order valence-electron chi connectivity index (χ3n) is 2.29. The number of benzene rings is 1. The number of hydrogen-bond acceptors (Lipinski definition) is 4. The molecule has 90 valence electrons. The van der Waals surface area contributed by atoms with Crippen molar-refractivity contribution in [3.63, 3.8) is 0 Å². The van der Waals surface area contributed by atoms with E-state index in [2.05, 4.69) is 25.3 Å². The van der Waals surface area contributed by atoms with Crippen LogP contribution in [-0.4, -0.2) is 25.8 Å². The van der Waals surface area contributed by atoms with Crippen LogP contribution in [0.15, 0.2) is 32.9 Å². The second kappa shape index (κ2) is 5.44. The molecule has 0 aliphatic heterocycles.